The second-order valence-corrected chi connectivity index (χ2v) is 5.49. The summed E-state index contributed by atoms with van der Waals surface area (Å²) in [4.78, 5) is 0. The van der Waals surface area contributed by atoms with Crippen LogP contribution in [0.3, 0.4) is 0 Å². The summed E-state index contributed by atoms with van der Waals surface area (Å²) in [6.45, 7) is 4.20. The second-order valence-electron chi connectivity index (χ2n) is 5.49. The Morgan fingerprint density at radius 2 is 1.78 bits per heavy atom. The summed E-state index contributed by atoms with van der Waals surface area (Å²) in [5.41, 5.74) is 7.11. The summed E-state index contributed by atoms with van der Waals surface area (Å²) in [5.74, 6) is 0.173. The molecule has 0 aromatic heterocycles. The third-order valence-corrected chi connectivity index (χ3v) is 3.49. The third kappa shape index (κ3) is 2.71. The van der Waals surface area contributed by atoms with E-state index in [9.17, 15) is 5.11 Å². The van der Waals surface area contributed by atoms with Crippen LogP contribution in [0.2, 0.25) is 0 Å². The average Bonchev–Trinajstić information content (AvgIpc) is 2.34. The van der Waals surface area contributed by atoms with Crippen molar-refractivity contribution in [1.82, 2.24) is 0 Å². The number of hydrogen-bond acceptors (Lipinski definition) is 2. The van der Waals surface area contributed by atoms with E-state index in [2.05, 4.69) is 30.3 Å². The average molecular weight is 243 g/mol. The summed E-state index contributed by atoms with van der Waals surface area (Å²) in [6.07, 6.45) is 0.696. The number of aliphatic hydroxyl groups excluding tert-OH is 1. The fraction of sp³-hybridized carbons (Fsp3) is 0.375. The van der Waals surface area contributed by atoms with Crippen LogP contribution in [0.4, 0.5) is 0 Å². The zero-order valence-corrected chi connectivity index (χ0v) is 11.1. The van der Waals surface area contributed by atoms with E-state index >= 15 is 0 Å². The minimum Gasteiger partial charge on any atom is -0.396 e. The molecule has 0 aliphatic rings. The van der Waals surface area contributed by atoms with E-state index in [4.69, 9.17) is 5.73 Å². The van der Waals surface area contributed by atoms with E-state index in [1.165, 1.54) is 16.3 Å². The lowest BCUT2D eigenvalue weighted by atomic mass is 9.80. The van der Waals surface area contributed by atoms with Crippen LogP contribution in [-0.2, 0) is 0 Å². The van der Waals surface area contributed by atoms with Gasteiger partial charge in [-0.25, -0.2) is 0 Å². The first-order valence-electron chi connectivity index (χ1n) is 6.41. The van der Waals surface area contributed by atoms with Gasteiger partial charge in [0.15, 0.2) is 0 Å². The molecule has 0 fully saturated rings. The number of rotatable bonds is 4. The molecule has 3 N–H and O–H groups in total. The molecule has 0 amide bonds. The molecule has 0 bridgehead atoms. The molecule has 1 atom stereocenters. The van der Waals surface area contributed by atoms with Crippen LogP contribution in [0.15, 0.2) is 42.5 Å². The van der Waals surface area contributed by atoms with Crippen LogP contribution in [0, 0.1) is 0 Å². The van der Waals surface area contributed by atoms with E-state index < -0.39 is 0 Å². The Labute approximate surface area is 108 Å². The van der Waals surface area contributed by atoms with Gasteiger partial charge in [0.1, 0.15) is 0 Å². The predicted octanol–water partition coefficient (Wildman–Crippen LogP) is 3.04. The van der Waals surface area contributed by atoms with Gasteiger partial charge in [-0.1, -0.05) is 42.5 Å². The van der Waals surface area contributed by atoms with Crippen molar-refractivity contribution in [1.29, 1.82) is 0 Å². The number of hydrogen-bond donors (Lipinski definition) is 2. The Balaban J connectivity index is 2.44. The summed E-state index contributed by atoms with van der Waals surface area (Å²) < 4.78 is 0. The molecule has 2 aromatic carbocycles. The predicted molar refractivity (Wildman–Crippen MR) is 76.7 cm³/mol. The Morgan fingerprint density at radius 1 is 1.11 bits per heavy atom. The standard InChI is InChI=1S/C16H21NO/c1-16(2,17)15(9-10-18)14-8-7-12-5-3-4-6-13(12)11-14/h3-8,11,15,18H,9-10,17H2,1-2H3. The molecule has 1 unspecified atom stereocenters. The van der Waals surface area contributed by atoms with Crippen LogP contribution < -0.4 is 5.73 Å². The largest absolute Gasteiger partial charge is 0.396 e. The topological polar surface area (TPSA) is 46.2 Å². The molecule has 0 spiro atoms. The minimum atomic E-state index is -0.328. The highest BCUT2D eigenvalue weighted by Gasteiger charge is 2.26. The number of aliphatic hydroxyl groups is 1. The summed E-state index contributed by atoms with van der Waals surface area (Å²) >= 11 is 0. The summed E-state index contributed by atoms with van der Waals surface area (Å²) in [5, 5.41) is 11.7. The van der Waals surface area contributed by atoms with Crippen molar-refractivity contribution in [2.45, 2.75) is 31.7 Å². The molecule has 2 rings (SSSR count). The van der Waals surface area contributed by atoms with E-state index in [0.717, 1.165) is 0 Å². The molecule has 18 heavy (non-hydrogen) atoms. The molecular formula is C16H21NO. The molecule has 0 radical (unpaired) electrons. The fourth-order valence-electron chi connectivity index (χ4n) is 2.52. The van der Waals surface area contributed by atoms with Gasteiger partial charge in [0.25, 0.3) is 0 Å². The number of nitrogens with two attached hydrogens (primary N) is 1. The SMILES string of the molecule is CC(C)(N)C(CCO)c1ccc2ccccc2c1. The van der Waals surface area contributed by atoms with Crippen LogP contribution in [-0.4, -0.2) is 17.3 Å². The van der Waals surface area contributed by atoms with Crippen molar-refractivity contribution in [3.63, 3.8) is 0 Å². The quantitative estimate of drug-likeness (QED) is 0.867. The molecule has 2 aromatic rings. The molecular weight excluding hydrogens is 222 g/mol. The lowest BCUT2D eigenvalue weighted by Gasteiger charge is -2.30. The van der Waals surface area contributed by atoms with E-state index in [1.807, 2.05) is 26.0 Å². The molecule has 0 heterocycles. The second kappa shape index (κ2) is 5.09. The molecule has 0 aliphatic carbocycles. The van der Waals surface area contributed by atoms with Gasteiger partial charge in [0, 0.05) is 18.1 Å². The maximum absolute atomic E-state index is 9.22. The Morgan fingerprint density at radius 3 is 2.39 bits per heavy atom. The Kier molecular flexibility index (Phi) is 3.69. The monoisotopic (exact) mass is 243 g/mol. The van der Waals surface area contributed by atoms with E-state index in [0.29, 0.717) is 6.42 Å². The van der Waals surface area contributed by atoms with Gasteiger partial charge < -0.3 is 10.8 Å². The van der Waals surface area contributed by atoms with Crippen molar-refractivity contribution in [3.8, 4) is 0 Å². The van der Waals surface area contributed by atoms with Crippen molar-refractivity contribution in [2.24, 2.45) is 5.73 Å². The lowest BCUT2D eigenvalue weighted by Crippen LogP contribution is -2.39. The van der Waals surface area contributed by atoms with Crippen molar-refractivity contribution >= 4 is 10.8 Å². The summed E-state index contributed by atoms with van der Waals surface area (Å²) in [7, 11) is 0. The lowest BCUT2D eigenvalue weighted by molar-refractivity contribution is 0.250. The van der Waals surface area contributed by atoms with Gasteiger partial charge in [-0.2, -0.15) is 0 Å². The van der Waals surface area contributed by atoms with Crippen LogP contribution in [0.25, 0.3) is 10.8 Å². The Bertz CT molecular complexity index is 528. The highest BCUT2D eigenvalue weighted by Crippen LogP contribution is 2.31. The molecule has 96 valence electrons. The van der Waals surface area contributed by atoms with Gasteiger partial charge in [-0.05, 0) is 36.6 Å². The van der Waals surface area contributed by atoms with E-state index in [1.54, 1.807) is 0 Å². The number of benzene rings is 2. The molecule has 2 heteroatoms. The minimum absolute atomic E-state index is 0.165. The maximum Gasteiger partial charge on any atom is 0.0437 e. The third-order valence-electron chi connectivity index (χ3n) is 3.49. The van der Waals surface area contributed by atoms with Crippen molar-refractivity contribution < 1.29 is 5.11 Å². The van der Waals surface area contributed by atoms with Crippen LogP contribution >= 0.6 is 0 Å². The molecule has 0 saturated carbocycles. The van der Waals surface area contributed by atoms with Crippen LogP contribution in [0.1, 0.15) is 31.7 Å². The molecule has 0 aliphatic heterocycles. The van der Waals surface area contributed by atoms with Crippen molar-refractivity contribution in [3.05, 3.63) is 48.0 Å². The first-order valence-corrected chi connectivity index (χ1v) is 6.41. The van der Waals surface area contributed by atoms with Crippen molar-refractivity contribution in [2.75, 3.05) is 6.61 Å². The number of fused-ring (bicyclic) bond motifs is 1. The molecule has 0 saturated heterocycles. The maximum atomic E-state index is 9.22. The van der Waals surface area contributed by atoms with Gasteiger partial charge in [-0.3, -0.25) is 0 Å². The van der Waals surface area contributed by atoms with Gasteiger partial charge in [0.05, 0.1) is 0 Å². The Hall–Kier alpha value is -1.38. The summed E-state index contributed by atoms with van der Waals surface area (Å²) in [6, 6.07) is 14.7. The fourth-order valence-corrected chi connectivity index (χ4v) is 2.52. The smallest absolute Gasteiger partial charge is 0.0437 e. The first kappa shape index (κ1) is 13.1. The zero-order chi connectivity index (χ0) is 13.2. The highest BCUT2D eigenvalue weighted by atomic mass is 16.3. The van der Waals surface area contributed by atoms with Gasteiger partial charge >= 0.3 is 0 Å². The van der Waals surface area contributed by atoms with Gasteiger partial charge in [0.2, 0.25) is 0 Å². The normalized spacial score (nSPS) is 13.8. The molecule has 2 nitrogen and oxygen atoms in total. The zero-order valence-electron chi connectivity index (χ0n) is 11.1. The van der Waals surface area contributed by atoms with Crippen LogP contribution in [0.5, 0.6) is 0 Å². The van der Waals surface area contributed by atoms with E-state index in [-0.39, 0.29) is 18.1 Å². The highest BCUT2D eigenvalue weighted by molar-refractivity contribution is 5.83. The first-order chi connectivity index (χ1) is 8.52. The van der Waals surface area contributed by atoms with Gasteiger partial charge in [-0.15, -0.1) is 0 Å².